The molecule has 0 aliphatic rings. The van der Waals surface area contributed by atoms with Crippen molar-refractivity contribution in [2.45, 2.75) is 0 Å². The molecular weight excluding hydrogens is 229 g/mol. The van der Waals surface area contributed by atoms with Gasteiger partial charge in [-0.1, -0.05) is 17.6 Å². The lowest BCUT2D eigenvalue weighted by atomic mass is 9.97. The topological polar surface area (TPSA) is 0 Å². The van der Waals surface area contributed by atoms with E-state index >= 15 is 0 Å². The van der Waals surface area contributed by atoms with E-state index in [1.807, 2.05) is 22.6 Å². The molecule has 0 saturated heterocycles. The van der Waals surface area contributed by atoms with Crippen LogP contribution in [0.2, 0.25) is 0 Å². The third-order valence-corrected chi connectivity index (χ3v) is 1.77. The van der Waals surface area contributed by atoms with Gasteiger partial charge in [0.2, 0.25) is 0 Å². The first-order valence-corrected chi connectivity index (χ1v) is 3.48. The smallest absolute Gasteiger partial charge is 0.136 e. The molecule has 0 nitrogen and oxygen atoms in total. The number of halogens is 2. The van der Waals surface area contributed by atoms with Crippen LogP contribution < -0.4 is 5.46 Å². The summed E-state index contributed by atoms with van der Waals surface area (Å²) in [4.78, 5) is 0. The number of hydrogen-bond acceptors (Lipinski definition) is 0. The molecule has 0 bridgehead atoms. The molecule has 1 rings (SSSR count). The van der Waals surface area contributed by atoms with Gasteiger partial charge >= 0.3 is 0 Å². The average molecular weight is 232 g/mol. The van der Waals surface area contributed by atoms with Crippen LogP contribution in [0.25, 0.3) is 0 Å². The Morgan fingerprint density at radius 1 is 1.44 bits per heavy atom. The predicted molar refractivity (Wildman–Crippen MR) is 44.5 cm³/mol. The highest BCUT2D eigenvalue weighted by molar-refractivity contribution is 14.1. The van der Waals surface area contributed by atoms with Crippen molar-refractivity contribution < 1.29 is 4.39 Å². The summed E-state index contributed by atoms with van der Waals surface area (Å²) in [5.74, 6) is -0.218. The Labute approximate surface area is 68.0 Å². The molecule has 0 aliphatic carbocycles. The zero-order chi connectivity index (χ0) is 6.85. The van der Waals surface area contributed by atoms with Gasteiger partial charge in [0.15, 0.2) is 0 Å². The van der Waals surface area contributed by atoms with Gasteiger partial charge in [0, 0.05) is 3.57 Å². The van der Waals surface area contributed by atoms with Gasteiger partial charge in [-0.2, -0.15) is 0 Å². The first-order valence-electron chi connectivity index (χ1n) is 2.40. The van der Waals surface area contributed by atoms with Crippen molar-refractivity contribution in [3.63, 3.8) is 0 Å². The minimum atomic E-state index is -0.218. The van der Waals surface area contributed by atoms with E-state index in [0.29, 0.717) is 9.03 Å². The molecule has 0 atom stereocenters. The summed E-state index contributed by atoms with van der Waals surface area (Å²) in [5, 5.41) is 0. The highest BCUT2D eigenvalue weighted by Crippen LogP contribution is 2.06. The zero-order valence-corrected chi connectivity index (χ0v) is 6.72. The lowest BCUT2D eigenvalue weighted by Gasteiger charge is -1.93. The van der Waals surface area contributed by atoms with Crippen LogP contribution in [0, 0.1) is 9.39 Å². The zero-order valence-electron chi connectivity index (χ0n) is 4.57. The number of hydrogen-bond donors (Lipinski definition) is 0. The Kier molecular flexibility index (Phi) is 2.11. The third kappa shape index (κ3) is 1.68. The molecule has 0 spiro atoms. The number of benzene rings is 1. The summed E-state index contributed by atoms with van der Waals surface area (Å²) >= 11 is 1.89. The summed E-state index contributed by atoms with van der Waals surface area (Å²) in [6.45, 7) is 0. The third-order valence-electron chi connectivity index (χ3n) is 0.944. The fourth-order valence-electron chi connectivity index (χ4n) is 0.512. The molecular formula is C6H3BFI. The summed E-state index contributed by atoms with van der Waals surface area (Å²) < 4.78 is 13.0. The van der Waals surface area contributed by atoms with Gasteiger partial charge in [-0.15, -0.1) is 0 Å². The van der Waals surface area contributed by atoms with E-state index in [1.54, 1.807) is 6.07 Å². The molecule has 0 heterocycles. The normalized spacial score (nSPS) is 9.56. The highest BCUT2D eigenvalue weighted by Gasteiger charge is 1.94. The van der Waals surface area contributed by atoms with Crippen molar-refractivity contribution in [2.75, 3.05) is 0 Å². The molecule has 2 radical (unpaired) electrons. The lowest BCUT2D eigenvalue weighted by Crippen LogP contribution is -2.02. The minimum absolute atomic E-state index is 0.218. The Morgan fingerprint density at radius 3 is 2.56 bits per heavy atom. The van der Waals surface area contributed by atoms with Gasteiger partial charge in [-0.05, 0) is 28.7 Å². The predicted octanol–water partition coefficient (Wildman–Crippen LogP) is 1.22. The number of rotatable bonds is 0. The Hall–Kier alpha value is -0.0551. The summed E-state index contributed by atoms with van der Waals surface area (Å²) in [6, 6.07) is 4.49. The molecule has 1 aromatic rings. The van der Waals surface area contributed by atoms with E-state index in [1.165, 1.54) is 12.1 Å². The molecule has 0 amide bonds. The second-order valence-electron chi connectivity index (χ2n) is 1.67. The van der Waals surface area contributed by atoms with Gasteiger partial charge in [-0.3, -0.25) is 0 Å². The average Bonchev–Trinajstić information content (AvgIpc) is 1.80. The van der Waals surface area contributed by atoms with Crippen molar-refractivity contribution in [3.8, 4) is 0 Å². The maximum absolute atomic E-state index is 12.4. The Morgan fingerprint density at radius 2 is 2.11 bits per heavy atom. The van der Waals surface area contributed by atoms with Crippen LogP contribution in [0.3, 0.4) is 0 Å². The van der Waals surface area contributed by atoms with Crippen LogP contribution >= 0.6 is 22.6 Å². The van der Waals surface area contributed by atoms with Crippen LogP contribution in [-0.4, -0.2) is 7.85 Å². The van der Waals surface area contributed by atoms with E-state index in [9.17, 15) is 4.39 Å². The van der Waals surface area contributed by atoms with Gasteiger partial charge in [0.25, 0.3) is 0 Å². The summed E-state index contributed by atoms with van der Waals surface area (Å²) in [5.41, 5.74) is 0.598. The first kappa shape index (κ1) is 7.06. The molecule has 3 heteroatoms. The van der Waals surface area contributed by atoms with Crippen LogP contribution in [0.15, 0.2) is 18.2 Å². The second kappa shape index (κ2) is 2.69. The van der Waals surface area contributed by atoms with Crippen LogP contribution in [0.1, 0.15) is 0 Å². The van der Waals surface area contributed by atoms with Gasteiger partial charge in [0.1, 0.15) is 13.7 Å². The first-order chi connectivity index (χ1) is 4.20. The van der Waals surface area contributed by atoms with Gasteiger partial charge in [-0.25, -0.2) is 4.39 Å². The fourth-order valence-corrected chi connectivity index (χ4v) is 1.05. The largest absolute Gasteiger partial charge is 0.206 e. The van der Waals surface area contributed by atoms with Crippen LogP contribution in [-0.2, 0) is 0 Å². The van der Waals surface area contributed by atoms with Crippen molar-refractivity contribution in [1.82, 2.24) is 0 Å². The highest BCUT2D eigenvalue weighted by atomic mass is 127. The minimum Gasteiger partial charge on any atom is -0.206 e. The maximum Gasteiger partial charge on any atom is 0.136 e. The summed E-state index contributed by atoms with van der Waals surface area (Å²) in [7, 11) is 5.36. The van der Waals surface area contributed by atoms with Crippen molar-refractivity contribution in [2.24, 2.45) is 0 Å². The van der Waals surface area contributed by atoms with Crippen molar-refractivity contribution >= 4 is 35.9 Å². The molecule has 44 valence electrons. The lowest BCUT2D eigenvalue weighted by molar-refractivity contribution is 0.621. The van der Waals surface area contributed by atoms with Crippen LogP contribution in [0.5, 0.6) is 0 Å². The second-order valence-corrected chi connectivity index (χ2v) is 2.84. The van der Waals surface area contributed by atoms with E-state index in [4.69, 9.17) is 7.85 Å². The molecule has 0 saturated carbocycles. The molecule has 0 aliphatic heterocycles. The molecule has 9 heavy (non-hydrogen) atoms. The monoisotopic (exact) mass is 232 g/mol. The molecule has 0 N–H and O–H groups in total. The van der Waals surface area contributed by atoms with Gasteiger partial charge in [0.05, 0.1) is 0 Å². The summed E-state index contributed by atoms with van der Waals surface area (Å²) in [6.07, 6.45) is 0. The molecule has 1 aromatic carbocycles. The fraction of sp³-hybridized carbons (Fsp3) is 0. The van der Waals surface area contributed by atoms with Crippen LogP contribution in [0.4, 0.5) is 4.39 Å². The SMILES string of the molecule is [B]c1ccc(F)c(I)c1. The van der Waals surface area contributed by atoms with Crippen molar-refractivity contribution in [3.05, 3.63) is 27.6 Å². The van der Waals surface area contributed by atoms with Crippen molar-refractivity contribution in [1.29, 1.82) is 0 Å². The van der Waals surface area contributed by atoms with E-state index in [2.05, 4.69) is 0 Å². The van der Waals surface area contributed by atoms with Gasteiger partial charge < -0.3 is 0 Å². The maximum atomic E-state index is 12.4. The van der Waals surface area contributed by atoms with E-state index in [-0.39, 0.29) is 5.82 Å². The standard InChI is InChI=1S/C6H3BFI/c7-4-1-2-5(8)6(9)3-4/h1-3H. The van der Waals surface area contributed by atoms with E-state index in [0.717, 1.165) is 0 Å². The Balaban J connectivity index is 3.17. The van der Waals surface area contributed by atoms with E-state index < -0.39 is 0 Å². The quantitative estimate of drug-likeness (QED) is 0.466. The molecule has 0 fully saturated rings. The molecule has 0 unspecified atom stereocenters. The Bertz CT molecular complexity index is 224. The molecule has 0 aromatic heterocycles.